The zero-order chi connectivity index (χ0) is 17.2. The second kappa shape index (κ2) is 7.65. The lowest BCUT2D eigenvalue weighted by molar-refractivity contribution is 0.229. The maximum Gasteiger partial charge on any atom is 0.250 e. The molecule has 0 atom stereocenters. The van der Waals surface area contributed by atoms with Crippen molar-refractivity contribution in [3.63, 3.8) is 0 Å². The third kappa shape index (κ3) is 4.27. The van der Waals surface area contributed by atoms with Crippen molar-refractivity contribution in [2.45, 2.75) is 36.6 Å². The Balaban J connectivity index is 0.00000225. The van der Waals surface area contributed by atoms with Crippen molar-refractivity contribution >= 4 is 34.6 Å². The summed E-state index contributed by atoms with van der Waals surface area (Å²) in [6.07, 6.45) is 6.30. The van der Waals surface area contributed by atoms with Crippen LogP contribution in [0.5, 0.6) is 0 Å². The van der Waals surface area contributed by atoms with Gasteiger partial charge in [-0.05, 0) is 43.0 Å². The molecule has 1 aliphatic rings. The van der Waals surface area contributed by atoms with Crippen LogP contribution in [0.25, 0.3) is 12.2 Å². The largest absolute Gasteiger partial charge is 0.335 e. The summed E-state index contributed by atoms with van der Waals surface area (Å²) in [5.74, 6) is 0.923. The summed E-state index contributed by atoms with van der Waals surface area (Å²) >= 11 is 0. The van der Waals surface area contributed by atoms with Crippen LogP contribution in [-0.2, 0) is 15.6 Å². The van der Waals surface area contributed by atoms with E-state index >= 15 is 0 Å². The van der Waals surface area contributed by atoms with Crippen molar-refractivity contribution in [3.8, 4) is 0 Å². The van der Waals surface area contributed by atoms with Gasteiger partial charge in [-0.3, -0.25) is 0 Å². The molecule has 1 heterocycles. The van der Waals surface area contributed by atoms with Crippen LogP contribution in [-0.4, -0.2) is 25.1 Å². The first-order chi connectivity index (χ1) is 11.4. The van der Waals surface area contributed by atoms with Crippen molar-refractivity contribution in [1.29, 1.82) is 0 Å². The molecule has 3 rings (SSSR count). The number of sulfonamides is 1. The molecule has 136 valence electrons. The molecule has 0 bridgehead atoms. The van der Waals surface area contributed by atoms with Gasteiger partial charge in [0.2, 0.25) is 10.0 Å². The fraction of sp³-hybridized carbons (Fsp3) is 0.375. The number of rotatable bonds is 6. The minimum Gasteiger partial charge on any atom is -0.335 e. The molecule has 0 unspecified atom stereocenters. The number of hydrogen-bond donors (Lipinski definition) is 2. The minimum atomic E-state index is -3.43. The second-order valence-corrected chi connectivity index (χ2v) is 7.64. The zero-order valence-electron chi connectivity index (χ0n) is 13.8. The van der Waals surface area contributed by atoms with E-state index < -0.39 is 15.6 Å². The van der Waals surface area contributed by atoms with E-state index in [1.165, 1.54) is 0 Å². The van der Waals surface area contributed by atoms with Crippen LogP contribution >= 0.6 is 12.4 Å². The predicted molar refractivity (Wildman–Crippen MR) is 97.5 cm³/mol. The summed E-state index contributed by atoms with van der Waals surface area (Å²) in [6, 6.07) is 6.54. The van der Waals surface area contributed by atoms with Crippen LogP contribution in [0.3, 0.4) is 0 Å². The Bertz CT molecular complexity index is 843. The van der Waals surface area contributed by atoms with Crippen LogP contribution < -0.4 is 10.5 Å². The third-order valence-electron chi connectivity index (χ3n) is 4.08. The highest BCUT2D eigenvalue weighted by Gasteiger charge is 2.38. The Morgan fingerprint density at radius 3 is 2.52 bits per heavy atom. The van der Waals surface area contributed by atoms with E-state index in [1.54, 1.807) is 43.3 Å². The predicted octanol–water partition coefficient (Wildman–Crippen LogP) is 2.30. The second-order valence-electron chi connectivity index (χ2n) is 5.87. The molecule has 7 nitrogen and oxygen atoms in total. The Hall–Kier alpha value is -1.74. The number of benzene rings is 1. The Kier molecular flexibility index (Phi) is 5.99. The number of hydrogen-bond acceptors (Lipinski definition) is 6. The molecule has 1 aromatic carbocycles. The van der Waals surface area contributed by atoms with Crippen molar-refractivity contribution < 1.29 is 12.9 Å². The van der Waals surface area contributed by atoms with Gasteiger partial charge in [0.15, 0.2) is 5.82 Å². The molecule has 2 aromatic rings. The van der Waals surface area contributed by atoms with E-state index in [9.17, 15) is 8.42 Å². The fourth-order valence-corrected chi connectivity index (χ4v) is 3.53. The van der Waals surface area contributed by atoms with Gasteiger partial charge in [-0.25, -0.2) is 13.1 Å². The molecule has 1 saturated carbocycles. The lowest BCUT2D eigenvalue weighted by atomic mass is 9.77. The highest BCUT2D eigenvalue weighted by molar-refractivity contribution is 7.89. The summed E-state index contributed by atoms with van der Waals surface area (Å²) in [5.41, 5.74) is 6.54. The molecule has 25 heavy (non-hydrogen) atoms. The van der Waals surface area contributed by atoms with Gasteiger partial charge in [-0.2, -0.15) is 4.98 Å². The van der Waals surface area contributed by atoms with E-state index in [0.29, 0.717) is 18.3 Å². The molecule has 0 radical (unpaired) electrons. The molecule has 0 spiro atoms. The lowest BCUT2D eigenvalue weighted by Gasteiger charge is -2.34. The van der Waals surface area contributed by atoms with E-state index in [1.807, 2.05) is 0 Å². The van der Waals surface area contributed by atoms with Gasteiger partial charge < -0.3 is 10.3 Å². The van der Waals surface area contributed by atoms with E-state index in [-0.39, 0.29) is 17.3 Å². The molecule has 0 aliphatic heterocycles. The summed E-state index contributed by atoms with van der Waals surface area (Å²) in [7, 11) is -3.43. The maximum absolute atomic E-state index is 11.9. The normalized spacial score (nSPS) is 16.4. The van der Waals surface area contributed by atoms with Crippen LogP contribution in [0, 0.1) is 0 Å². The van der Waals surface area contributed by atoms with Crippen molar-refractivity contribution in [2.24, 2.45) is 5.73 Å². The smallest absolute Gasteiger partial charge is 0.250 e. The van der Waals surface area contributed by atoms with Crippen LogP contribution in [0.15, 0.2) is 33.7 Å². The van der Waals surface area contributed by atoms with Gasteiger partial charge in [-0.1, -0.05) is 24.2 Å². The van der Waals surface area contributed by atoms with E-state index in [4.69, 9.17) is 10.3 Å². The lowest BCUT2D eigenvalue weighted by Crippen LogP contribution is -2.44. The summed E-state index contributed by atoms with van der Waals surface area (Å²) in [6.45, 7) is 2.09. The summed E-state index contributed by atoms with van der Waals surface area (Å²) in [4.78, 5) is 4.54. The van der Waals surface area contributed by atoms with Gasteiger partial charge in [-0.15, -0.1) is 12.4 Å². The molecular formula is C16H21ClN4O3S. The Labute approximate surface area is 153 Å². The van der Waals surface area contributed by atoms with Gasteiger partial charge in [0.05, 0.1) is 10.4 Å². The highest BCUT2D eigenvalue weighted by atomic mass is 35.5. The summed E-state index contributed by atoms with van der Waals surface area (Å²) < 4.78 is 31.4. The molecule has 3 N–H and O–H groups in total. The van der Waals surface area contributed by atoms with Gasteiger partial charge in [0.25, 0.3) is 5.89 Å². The molecule has 1 aliphatic carbocycles. The number of nitrogens with one attached hydrogen (secondary N) is 1. The van der Waals surface area contributed by atoms with Crippen LogP contribution in [0.4, 0.5) is 0 Å². The average molecular weight is 385 g/mol. The molecule has 1 aromatic heterocycles. The topological polar surface area (TPSA) is 111 Å². The van der Waals surface area contributed by atoms with Crippen molar-refractivity contribution in [3.05, 3.63) is 41.5 Å². The third-order valence-corrected chi connectivity index (χ3v) is 5.64. The molecule has 1 fully saturated rings. The molecule has 0 saturated heterocycles. The van der Waals surface area contributed by atoms with Crippen molar-refractivity contribution in [1.82, 2.24) is 14.9 Å². The monoisotopic (exact) mass is 384 g/mol. The minimum absolute atomic E-state index is 0. The number of aromatic nitrogens is 2. The fourth-order valence-electron chi connectivity index (χ4n) is 2.49. The average Bonchev–Trinajstić information content (AvgIpc) is 3.00. The first kappa shape index (κ1) is 19.6. The Morgan fingerprint density at radius 2 is 1.96 bits per heavy atom. The highest BCUT2D eigenvalue weighted by Crippen LogP contribution is 2.36. The molecular weight excluding hydrogens is 364 g/mol. The zero-order valence-corrected chi connectivity index (χ0v) is 15.4. The van der Waals surface area contributed by atoms with Gasteiger partial charge in [0, 0.05) is 12.6 Å². The number of nitrogens with two attached hydrogens (primary N) is 1. The molecule has 9 heteroatoms. The van der Waals surface area contributed by atoms with Gasteiger partial charge in [0.1, 0.15) is 0 Å². The summed E-state index contributed by atoms with van der Waals surface area (Å²) in [5, 5.41) is 3.94. The quantitative estimate of drug-likeness (QED) is 0.790. The van der Waals surface area contributed by atoms with Crippen LogP contribution in [0.1, 0.15) is 43.5 Å². The first-order valence-electron chi connectivity index (χ1n) is 7.84. The van der Waals surface area contributed by atoms with Crippen LogP contribution in [0.2, 0.25) is 0 Å². The molecule has 0 amide bonds. The number of nitrogens with zero attached hydrogens (tertiary/aromatic N) is 2. The van der Waals surface area contributed by atoms with Gasteiger partial charge >= 0.3 is 0 Å². The van der Waals surface area contributed by atoms with E-state index in [0.717, 1.165) is 24.8 Å². The Morgan fingerprint density at radius 1 is 1.28 bits per heavy atom. The first-order valence-corrected chi connectivity index (χ1v) is 9.32. The SMILES string of the molecule is CCNS(=O)(=O)c1ccc(/C=C/c2nc(C3(N)CCC3)no2)cc1.Cl. The van der Waals surface area contributed by atoms with Crippen molar-refractivity contribution in [2.75, 3.05) is 6.54 Å². The van der Waals surface area contributed by atoms with E-state index in [2.05, 4.69) is 14.9 Å². The maximum atomic E-state index is 11.9. The number of halogens is 1. The standard InChI is InChI=1S/C16H20N4O3S.ClH/c1-2-18-24(21,22)13-7-4-12(5-8-13)6-9-14-19-15(20-23-14)16(17)10-3-11-16;/h4-9,18H,2-3,10-11,17H2,1H3;1H/b9-6+;.